The summed E-state index contributed by atoms with van der Waals surface area (Å²) >= 11 is 5.65. The lowest BCUT2D eigenvalue weighted by atomic mass is 9.97. The number of hydrogen-bond acceptors (Lipinski definition) is 5. The second-order valence-corrected chi connectivity index (χ2v) is 19.0. The third-order valence-corrected chi connectivity index (χ3v) is 13.8. The van der Waals surface area contributed by atoms with Gasteiger partial charge in [-0.3, -0.25) is 0 Å². The van der Waals surface area contributed by atoms with Gasteiger partial charge in [0.15, 0.2) is 14.6 Å². The Labute approximate surface area is 234 Å². The van der Waals surface area contributed by atoms with Crippen LogP contribution in [0, 0.1) is 12.8 Å². The molecule has 0 N–H and O–H groups in total. The van der Waals surface area contributed by atoms with E-state index in [2.05, 4.69) is 93.6 Å². The number of rotatable bonds is 14. The van der Waals surface area contributed by atoms with E-state index in [1.807, 2.05) is 0 Å². The van der Waals surface area contributed by atoms with Crippen molar-refractivity contribution in [1.82, 2.24) is 4.98 Å². The van der Waals surface area contributed by atoms with Crippen LogP contribution in [0.3, 0.4) is 0 Å². The molecule has 36 heavy (non-hydrogen) atoms. The summed E-state index contributed by atoms with van der Waals surface area (Å²) in [6.07, 6.45) is 9.80. The normalized spacial score (nSPS) is 20.2. The SMILES string of the molecule is C=C(CCC[C@H](C)COC1CCCCO1)C(Br)C[C@H](O[Si](C)(C)C(C)(C)C)/C(C)=C/c1csc(C)n1. The average molecular weight is 601 g/mol. The van der Waals surface area contributed by atoms with Gasteiger partial charge in [0.2, 0.25) is 0 Å². The lowest BCUT2D eigenvalue weighted by Gasteiger charge is -2.40. The monoisotopic (exact) mass is 599 g/mol. The van der Waals surface area contributed by atoms with Crippen molar-refractivity contribution in [2.75, 3.05) is 13.2 Å². The first-order valence-corrected chi connectivity index (χ1v) is 18.3. The maximum Gasteiger partial charge on any atom is 0.192 e. The Bertz CT molecular complexity index is 842. The lowest BCUT2D eigenvalue weighted by molar-refractivity contribution is -0.168. The Hall–Kier alpha value is -0.313. The third-order valence-electron chi connectivity index (χ3n) is 7.53. The number of thiazole rings is 1. The molecule has 0 spiro atoms. The molecule has 1 aromatic heterocycles. The first-order valence-electron chi connectivity index (χ1n) is 13.6. The Kier molecular flexibility index (Phi) is 13.1. The highest BCUT2D eigenvalue weighted by molar-refractivity contribution is 9.09. The number of ether oxygens (including phenoxy) is 2. The van der Waals surface area contributed by atoms with Gasteiger partial charge in [0, 0.05) is 16.8 Å². The van der Waals surface area contributed by atoms with Gasteiger partial charge in [-0.15, -0.1) is 11.3 Å². The van der Waals surface area contributed by atoms with E-state index >= 15 is 0 Å². The smallest absolute Gasteiger partial charge is 0.192 e. The number of nitrogens with zero attached hydrogens (tertiary/aromatic N) is 1. The average Bonchev–Trinajstić information content (AvgIpc) is 3.21. The summed E-state index contributed by atoms with van der Waals surface area (Å²) in [6.45, 7) is 24.1. The van der Waals surface area contributed by atoms with Crippen LogP contribution in [0.5, 0.6) is 0 Å². The zero-order chi connectivity index (χ0) is 26.9. The highest BCUT2D eigenvalue weighted by Crippen LogP contribution is 2.39. The van der Waals surface area contributed by atoms with E-state index < -0.39 is 8.32 Å². The number of aromatic nitrogens is 1. The quantitative estimate of drug-likeness (QED) is 0.121. The van der Waals surface area contributed by atoms with Crippen LogP contribution in [0.1, 0.15) is 90.3 Å². The summed E-state index contributed by atoms with van der Waals surface area (Å²) in [5.41, 5.74) is 3.51. The zero-order valence-corrected chi connectivity index (χ0v) is 27.4. The molecule has 1 aliphatic heterocycles. The van der Waals surface area contributed by atoms with Gasteiger partial charge in [-0.25, -0.2) is 4.98 Å². The van der Waals surface area contributed by atoms with Gasteiger partial charge < -0.3 is 13.9 Å². The van der Waals surface area contributed by atoms with Crippen LogP contribution in [0.25, 0.3) is 6.08 Å². The van der Waals surface area contributed by atoms with E-state index in [-0.39, 0.29) is 22.3 Å². The highest BCUT2D eigenvalue weighted by atomic mass is 79.9. The van der Waals surface area contributed by atoms with E-state index in [1.165, 1.54) is 17.6 Å². The van der Waals surface area contributed by atoms with Crippen molar-refractivity contribution in [3.63, 3.8) is 0 Å². The Morgan fingerprint density at radius 1 is 1.36 bits per heavy atom. The second kappa shape index (κ2) is 14.7. The van der Waals surface area contributed by atoms with E-state index in [1.54, 1.807) is 11.3 Å². The highest BCUT2D eigenvalue weighted by Gasteiger charge is 2.40. The van der Waals surface area contributed by atoms with Crippen LogP contribution in [-0.4, -0.2) is 43.7 Å². The number of aryl methyl sites for hydroxylation is 1. The summed E-state index contributed by atoms with van der Waals surface area (Å²) in [7, 11) is -1.94. The molecule has 0 aliphatic carbocycles. The fourth-order valence-corrected chi connectivity index (χ4v) is 6.50. The van der Waals surface area contributed by atoms with Crippen LogP contribution in [0.4, 0.5) is 0 Å². The van der Waals surface area contributed by atoms with Crippen LogP contribution in [0.2, 0.25) is 18.1 Å². The maximum atomic E-state index is 6.94. The lowest BCUT2D eigenvalue weighted by Crippen LogP contribution is -2.44. The molecule has 4 atom stereocenters. The van der Waals surface area contributed by atoms with Crippen molar-refractivity contribution >= 4 is 41.7 Å². The summed E-state index contributed by atoms with van der Waals surface area (Å²) in [5, 5.41) is 3.37. The van der Waals surface area contributed by atoms with Crippen molar-refractivity contribution in [1.29, 1.82) is 0 Å². The van der Waals surface area contributed by atoms with Crippen LogP contribution in [0.15, 0.2) is 23.1 Å². The molecule has 0 amide bonds. The summed E-state index contributed by atoms with van der Waals surface area (Å²) < 4.78 is 18.6. The van der Waals surface area contributed by atoms with Crippen molar-refractivity contribution in [3.8, 4) is 0 Å². The van der Waals surface area contributed by atoms with Gasteiger partial charge in [-0.1, -0.05) is 55.8 Å². The summed E-state index contributed by atoms with van der Waals surface area (Å²) in [5.74, 6) is 0.526. The largest absolute Gasteiger partial charge is 0.410 e. The minimum atomic E-state index is -1.94. The minimum Gasteiger partial charge on any atom is -0.410 e. The molecule has 2 unspecified atom stereocenters. The molecular formula is C29H50BrNO3SSi. The van der Waals surface area contributed by atoms with Gasteiger partial charge in [0.25, 0.3) is 0 Å². The van der Waals surface area contributed by atoms with Gasteiger partial charge in [0.05, 0.1) is 23.4 Å². The van der Waals surface area contributed by atoms with Crippen LogP contribution < -0.4 is 0 Å². The fraction of sp³-hybridized carbons (Fsp3) is 0.759. The van der Waals surface area contributed by atoms with Gasteiger partial charge in [-0.2, -0.15) is 0 Å². The molecule has 0 radical (unpaired) electrons. The number of halogens is 1. The van der Waals surface area contributed by atoms with E-state index in [0.717, 1.165) is 62.4 Å². The van der Waals surface area contributed by atoms with E-state index in [4.69, 9.17) is 13.9 Å². The Morgan fingerprint density at radius 3 is 2.67 bits per heavy atom. The number of alkyl halides is 1. The molecule has 4 nitrogen and oxygen atoms in total. The van der Waals surface area contributed by atoms with Crippen molar-refractivity contribution in [2.45, 2.75) is 122 Å². The molecular weight excluding hydrogens is 550 g/mol. The molecule has 2 heterocycles. The number of hydrogen-bond donors (Lipinski definition) is 0. The topological polar surface area (TPSA) is 40.6 Å². The van der Waals surface area contributed by atoms with Crippen LogP contribution in [-0.2, 0) is 13.9 Å². The number of allylic oxidation sites excluding steroid dienone is 1. The molecule has 1 saturated heterocycles. The molecule has 0 saturated carbocycles. The predicted octanol–water partition coefficient (Wildman–Crippen LogP) is 9.30. The van der Waals surface area contributed by atoms with Crippen molar-refractivity contribution < 1.29 is 13.9 Å². The van der Waals surface area contributed by atoms with E-state index in [0.29, 0.717) is 5.92 Å². The molecule has 0 bridgehead atoms. The molecule has 0 aromatic carbocycles. The van der Waals surface area contributed by atoms with Gasteiger partial charge in [0.1, 0.15) is 0 Å². The molecule has 1 fully saturated rings. The zero-order valence-electron chi connectivity index (χ0n) is 24.0. The second-order valence-electron chi connectivity index (χ2n) is 12.0. The van der Waals surface area contributed by atoms with E-state index in [9.17, 15) is 0 Å². The Morgan fingerprint density at radius 2 is 2.08 bits per heavy atom. The van der Waals surface area contributed by atoms with Crippen molar-refractivity contribution in [3.05, 3.63) is 33.8 Å². The van der Waals surface area contributed by atoms with Gasteiger partial charge >= 0.3 is 0 Å². The summed E-state index contributed by atoms with van der Waals surface area (Å²) in [6, 6.07) is 0. The minimum absolute atomic E-state index is 0.00501. The first kappa shape index (κ1) is 31.9. The summed E-state index contributed by atoms with van der Waals surface area (Å²) in [4.78, 5) is 4.86. The third kappa shape index (κ3) is 10.8. The molecule has 206 valence electrons. The molecule has 1 aromatic rings. The van der Waals surface area contributed by atoms with Crippen molar-refractivity contribution in [2.24, 2.45) is 5.92 Å². The first-order chi connectivity index (χ1) is 16.8. The Balaban J connectivity index is 1.92. The molecule has 7 heteroatoms. The standard InChI is InChI=1S/C29H50BrNO3SSi/c1-21(19-33-28-15-10-11-16-32-28)13-12-14-22(2)26(30)18-27(34-36(8,9)29(5,6)7)23(3)17-25-20-35-24(4)31-25/h17,20-21,26-28H,2,10-16,18-19H2,1,3-9H3/b23-17+/t21-,26?,27-,28?/m0/s1. The fourth-order valence-electron chi connectivity index (χ4n) is 4.02. The molecule has 2 rings (SSSR count). The maximum absolute atomic E-state index is 6.94. The van der Waals surface area contributed by atoms with Gasteiger partial charge in [-0.05, 0) is 94.5 Å². The molecule has 1 aliphatic rings. The van der Waals surface area contributed by atoms with Crippen LogP contribution >= 0.6 is 27.3 Å². The predicted molar refractivity (Wildman–Crippen MR) is 162 cm³/mol.